The van der Waals surface area contributed by atoms with Gasteiger partial charge in [0.1, 0.15) is 11.4 Å². The Morgan fingerprint density at radius 1 is 1.06 bits per heavy atom. The highest BCUT2D eigenvalue weighted by atomic mass is 16.5. The number of nitrogens with one attached hydrogen (secondary N) is 1. The average molecular weight is 429 g/mol. The first-order valence-electron chi connectivity index (χ1n) is 11.3. The first-order chi connectivity index (χ1) is 15.6. The lowest BCUT2D eigenvalue weighted by Crippen LogP contribution is -2.52. The Kier molecular flexibility index (Phi) is 5.52. The monoisotopic (exact) mass is 428 g/mol. The van der Waals surface area contributed by atoms with E-state index in [1.807, 2.05) is 48.5 Å². The van der Waals surface area contributed by atoms with Gasteiger partial charge in [0.25, 0.3) is 0 Å². The molecule has 2 aliphatic rings. The normalized spacial score (nSPS) is 19.2. The van der Waals surface area contributed by atoms with Crippen molar-refractivity contribution in [2.24, 2.45) is 0 Å². The van der Waals surface area contributed by atoms with E-state index in [-0.39, 0.29) is 17.6 Å². The number of piperidine rings is 1. The van der Waals surface area contributed by atoms with Crippen LogP contribution in [0, 0.1) is 6.92 Å². The number of carbonyl (C=O) groups is 1. The summed E-state index contributed by atoms with van der Waals surface area (Å²) >= 11 is 0. The van der Waals surface area contributed by atoms with Crippen LogP contribution in [0.3, 0.4) is 0 Å². The number of anilines is 1. The molecule has 2 aliphatic heterocycles. The third-order valence-electron chi connectivity index (χ3n) is 6.53. The van der Waals surface area contributed by atoms with Crippen LogP contribution in [-0.4, -0.2) is 34.6 Å². The number of fused-ring (bicyclic) bond motifs is 1. The molecule has 3 heterocycles. The van der Waals surface area contributed by atoms with E-state index in [9.17, 15) is 4.79 Å². The predicted molar refractivity (Wildman–Crippen MR) is 124 cm³/mol. The van der Waals surface area contributed by atoms with E-state index in [2.05, 4.69) is 33.2 Å². The van der Waals surface area contributed by atoms with Crippen molar-refractivity contribution in [1.29, 1.82) is 0 Å². The van der Waals surface area contributed by atoms with Crippen molar-refractivity contribution in [2.45, 2.75) is 44.2 Å². The second-order valence-corrected chi connectivity index (χ2v) is 8.85. The van der Waals surface area contributed by atoms with E-state index in [0.29, 0.717) is 6.42 Å². The van der Waals surface area contributed by atoms with Crippen molar-refractivity contribution in [3.63, 3.8) is 0 Å². The van der Waals surface area contributed by atoms with Crippen LogP contribution in [0.25, 0.3) is 0 Å². The van der Waals surface area contributed by atoms with Gasteiger partial charge in [-0.25, -0.2) is 9.97 Å². The number of nitrogens with zero attached hydrogens (tertiary/aromatic N) is 3. The fraction of sp³-hybridized carbons (Fsp3) is 0.346. The molecule has 0 aliphatic carbocycles. The number of aryl methyl sites for hydroxylation is 1. The van der Waals surface area contributed by atoms with E-state index < -0.39 is 0 Å². The van der Waals surface area contributed by atoms with E-state index in [4.69, 9.17) is 4.74 Å². The molecule has 1 fully saturated rings. The third-order valence-corrected chi connectivity index (χ3v) is 6.53. The standard InChI is InChI=1S/C26H28N4O2/c1-19-7-9-20(10-8-19)17-24(31)29-22-18-26(32-23-6-3-2-5-21(22)23)11-15-30(16-12-26)25-27-13-4-14-28-25/h2-10,13-14,22H,11-12,15-18H2,1H3,(H,29,31)/t22-/m0/s1. The summed E-state index contributed by atoms with van der Waals surface area (Å²) in [6.07, 6.45) is 6.44. The number of hydrogen-bond acceptors (Lipinski definition) is 5. The minimum absolute atomic E-state index is 0.0424. The van der Waals surface area contributed by atoms with E-state index >= 15 is 0 Å². The Balaban J connectivity index is 1.31. The summed E-state index contributed by atoms with van der Waals surface area (Å²) in [4.78, 5) is 23.9. The first kappa shape index (κ1) is 20.5. The second kappa shape index (κ2) is 8.61. The molecule has 1 spiro atoms. The topological polar surface area (TPSA) is 67.4 Å². The molecule has 1 aromatic heterocycles. The van der Waals surface area contributed by atoms with Crippen molar-refractivity contribution >= 4 is 11.9 Å². The van der Waals surface area contributed by atoms with E-state index in [1.165, 1.54) is 5.56 Å². The summed E-state index contributed by atoms with van der Waals surface area (Å²) in [6.45, 7) is 3.71. The molecule has 0 bridgehead atoms. The summed E-state index contributed by atoms with van der Waals surface area (Å²) in [6, 6.07) is 18.0. The lowest BCUT2D eigenvalue weighted by atomic mass is 9.80. The molecule has 1 N–H and O–H groups in total. The van der Waals surface area contributed by atoms with Gasteiger partial charge in [0.15, 0.2) is 0 Å². The molecule has 164 valence electrons. The smallest absolute Gasteiger partial charge is 0.225 e. The number of amides is 1. The molecule has 3 aromatic rings. The van der Waals surface area contributed by atoms with Gasteiger partial charge in [-0.3, -0.25) is 4.79 Å². The van der Waals surface area contributed by atoms with Gasteiger partial charge in [-0.2, -0.15) is 0 Å². The number of aromatic nitrogens is 2. The van der Waals surface area contributed by atoms with Gasteiger partial charge >= 0.3 is 0 Å². The van der Waals surface area contributed by atoms with Gasteiger partial charge in [0.2, 0.25) is 11.9 Å². The third kappa shape index (κ3) is 4.31. The Morgan fingerprint density at radius 2 is 1.78 bits per heavy atom. The summed E-state index contributed by atoms with van der Waals surface area (Å²) < 4.78 is 6.57. The zero-order valence-corrected chi connectivity index (χ0v) is 18.3. The molecule has 6 nitrogen and oxygen atoms in total. The molecule has 6 heteroatoms. The molecule has 0 radical (unpaired) electrons. The molecule has 1 amide bonds. The fourth-order valence-corrected chi connectivity index (χ4v) is 4.76. The molecule has 32 heavy (non-hydrogen) atoms. The van der Waals surface area contributed by atoms with E-state index in [1.54, 1.807) is 12.4 Å². The number of benzene rings is 2. The largest absolute Gasteiger partial charge is 0.487 e. The fourth-order valence-electron chi connectivity index (χ4n) is 4.76. The highest BCUT2D eigenvalue weighted by Crippen LogP contribution is 2.44. The lowest BCUT2D eigenvalue weighted by Gasteiger charge is -2.47. The van der Waals surface area contributed by atoms with Gasteiger partial charge in [0.05, 0.1) is 12.5 Å². The quantitative estimate of drug-likeness (QED) is 0.680. The maximum atomic E-state index is 12.9. The van der Waals surface area contributed by atoms with Crippen LogP contribution in [0.15, 0.2) is 67.0 Å². The Hall–Kier alpha value is -3.41. The Bertz CT molecular complexity index is 1080. The highest BCUT2D eigenvalue weighted by molar-refractivity contribution is 5.79. The van der Waals surface area contributed by atoms with Gasteiger partial charge in [-0.15, -0.1) is 0 Å². The van der Waals surface area contributed by atoms with E-state index in [0.717, 1.165) is 55.2 Å². The number of rotatable bonds is 4. The van der Waals surface area contributed by atoms with Crippen LogP contribution >= 0.6 is 0 Å². The summed E-state index contributed by atoms with van der Waals surface area (Å²) in [5.74, 6) is 1.69. The summed E-state index contributed by atoms with van der Waals surface area (Å²) in [5.41, 5.74) is 2.99. The van der Waals surface area contributed by atoms with Crippen molar-refractivity contribution in [1.82, 2.24) is 15.3 Å². The maximum Gasteiger partial charge on any atom is 0.225 e. The van der Waals surface area contributed by atoms with Crippen LogP contribution in [0.4, 0.5) is 5.95 Å². The highest BCUT2D eigenvalue weighted by Gasteiger charge is 2.44. The first-order valence-corrected chi connectivity index (χ1v) is 11.3. The zero-order valence-electron chi connectivity index (χ0n) is 18.3. The molecule has 1 saturated heterocycles. The summed E-state index contributed by atoms with van der Waals surface area (Å²) in [7, 11) is 0. The number of para-hydroxylation sites is 1. The molecular formula is C26H28N4O2. The van der Waals surface area contributed by atoms with Gasteiger partial charge < -0.3 is 15.0 Å². The molecule has 5 rings (SSSR count). The average Bonchev–Trinajstić information content (AvgIpc) is 2.82. The van der Waals surface area contributed by atoms with Gasteiger partial charge in [-0.1, -0.05) is 48.0 Å². The maximum absolute atomic E-state index is 12.9. The Morgan fingerprint density at radius 3 is 2.53 bits per heavy atom. The Labute approximate surface area is 188 Å². The lowest BCUT2D eigenvalue weighted by molar-refractivity contribution is -0.121. The van der Waals surface area contributed by atoms with Gasteiger partial charge in [0, 0.05) is 50.3 Å². The van der Waals surface area contributed by atoms with Crippen molar-refractivity contribution in [2.75, 3.05) is 18.0 Å². The van der Waals surface area contributed by atoms with Crippen LogP contribution < -0.4 is 15.0 Å². The SMILES string of the molecule is Cc1ccc(CC(=O)N[C@H]2CC3(CCN(c4ncccn4)CC3)Oc3ccccc32)cc1. The molecule has 0 saturated carbocycles. The molecule has 2 aromatic carbocycles. The van der Waals surface area contributed by atoms with Crippen molar-refractivity contribution in [3.8, 4) is 5.75 Å². The van der Waals surface area contributed by atoms with Crippen LogP contribution in [0.5, 0.6) is 5.75 Å². The number of ether oxygens (including phenoxy) is 1. The number of carbonyl (C=O) groups excluding carboxylic acids is 1. The van der Waals surface area contributed by atoms with Crippen LogP contribution in [0.1, 0.15) is 42.0 Å². The predicted octanol–water partition coefficient (Wildman–Crippen LogP) is 4.01. The van der Waals surface area contributed by atoms with Crippen LogP contribution in [-0.2, 0) is 11.2 Å². The molecule has 0 unspecified atom stereocenters. The second-order valence-electron chi connectivity index (χ2n) is 8.85. The minimum atomic E-state index is -0.290. The van der Waals surface area contributed by atoms with Crippen molar-refractivity contribution < 1.29 is 9.53 Å². The van der Waals surface area contributed by atoms with Crippen molar-refractivity contribution in [3.05, 3.63) is 83.7 Å². The zero-order chi connectivity index (χ0) is 22.0. The minimum Gasteiger partial charge on any atom is -0.487 e. The van der Waals surface area contributed by atoms with Crippen LogP contribution in [0.2, 0.25) is 0 Å². The molecule has 1 atom stereocenters. The van der Waals surface area contributed by atoms with Gasteiger partial charge in [-0.05, 0) is 24.6 Å². The molecular weight excluding hydrogens is 400 g/mol. The number of hydrogen-bond donors (Lipinski definition) is 1. The summed E-state index contributed by atoms with van der Waals surface area (Å²) in [5, 5.41) is 3.30.